The van der Waals surface area contributed by atoms with Gasteiger partial charge in [0, 0.05) is 0 Å². The number of hydrogen-bond acceptors (Lipinski definition) is 2. The molecule has 0 saturated heterocycles. The molecule has 0 amide bonds. The van der Waals surface area contributed by atoms with Gasteiger partial charge in [0.15, 0.2) is 0 Å². The number of allylic oxidation sites excluding steroid dienone is 2. The van der Waals surface area contributed by atoms with Crippen molar-refractivity contribution >= 4 is 5.97 Å². The van der Waals surface area contributed by atoms with Crippen LogP contribution in [0.25, 0.3) is 0 Å². The molecule has 1 aromatic carbocycles. The van der Waals surface area contributed by atoms with E-state index in [-0.39, 0.29) is 5.97 Å². The lowest BCUT2D eigenvalue weighted by atomic mass is 9.86. The van der Waals surface area contributed by atoms with Crippen molar-refractivity contribution < 1.29 is 9.53 Å². The van der Waals surface area contributed by atoms with Gasteiger partial charge in [0.1, 0.15) is 0 Å². The average molecular weight is 288 g/mol. The summed E-state index contributed by atoms with van der Waals surface area (Å²) in [6, 6.07) is 7.72. The van der Waals surface area contributed by atoms with Gasteiger partial charge >= 0.3 is 5.97 Å². The zero-order valence-corrected chi connectivity index (χ0v) is 14.2. The first kappa shape index (κ1) is 17.5. The summed E-state index contributed by atoms with van der Waals surface area (Å²) in [6.45, 7) is 13.4. The van der Waals surface area contributed by atoms with Crippen LogP contribution in [-0.4, -0.2) is 12.6 Å². The fraction of sp³-hybridized carbons (Fsp3) is 0.526. The number of benzene rings is 1. The SMILES string of the molecule is CCOC(=O)c1ccc(C/C(C)=C(/C)CC(C)(C)C)cc1. The average Bonchev–Trinajstić information content (AvgIpc) is 2.37. The van der Waals surface area contributed by atoms with Crippen molar-refractivity contribution in [2.45, 2.75) is 54.4 Å². The number of rotatable bonds is 5. The molecule has 2 heteroatoms. The fourth-order valence-corrected chi connectivity index (χ4v) is 2.38. The molecule has 21 heavy (non-hydrogen) atoms. The van der Waals surface area contributed by atoms with E-state index in [1.807, 2.05) is 31.2 Å². The molecule has 0 bridgehead atoms. The van der Waals surface area contributed by atoms with Gasteiger partial charge in [-0.25, -0.2) is 4.79 Å². The maximum Gasteiger partial charge on any atom is 0.338 e. The van der Waals surface area contributed by atoms with Crippen molar-refractivity contribution in [2.24, 2.45) is 5.41 Å². The lowest BCUT2D eigenvalue weighted by Crippen LogP contribution is -2.07. The van der Waals surface area contributed by atoms with Crippen molar-refractivity contribution in [3.8, 4) is 0 Å². The van der Waals surface area contributed by atoms with E-state index in [4.69, 9.17) is 4.74 Å². The van der Waals surface area contributed by atoms with Crippen LogP contribution < -0.4 is 0 Å². The first-order valence-electron chi connectivity index (χ1n) is 7.64. The number of carbonyl (C=O) groups is 1. The third-order valence-corrected chi connectivity index (χ3v) is 3.46. The van der Waals surface area contributed by atoms with Gasteiger partial charge in [-0.05, 0) is 56.7 Å². The first-order valence-corrected chi connectivity index (χ1v) is 7.64. The monoisotopic (exact) mass is 288 g/mol. The topological polar surface area (TPSA) is 26.3 Å². The van der Waals surface area contributed by atoms with E-state index >= 15 is 0 Å². The Morgan fingerprint density at radius 2 is 1.62 bits per heavy atom. The third-order valence-electron chi connectivity index (χ3n) is 3.46. The summed E-state index contributed by atoms with van der Waals surface area (Å²) in [7, 11) is 0. The Morgan fingerprint density at radius 1 is 1.05 bits per heavy atom. The molecule has 0 heterocycles. The highest BCUT2D eigenvalue weighted by Gasteiger charge is 2.12. The quantitative estimate of drug-likeness (QED) is 0.551. The number of carbonyl (C=O) groups excluding carboxylic acids is 1. The predicted molar refractivity (Wildman–Crippen MR) is 88.5 cm³/mol. The molecule has 0 N–H and O–H groups in total. The standard InChI is InChI=1S/C19H28O2/c1-7-21-18(20)17-10-8-16(9-11-17)12-14(2)15(3)13-19(4,5)6/h8-11H,7,12-13H2,1-6H3/b15-14-. The second-order valence-electron chi connectivity index (χ2n) is 6.89. The Morgan fingerprint density at radius 3 is 2.10 bits per heavy atom. The normalized spacial score (nSPS) is 12.9. The van der Waals surface area contributed by atoms with E-state index in [0.717, 1.165) is 12.8 Å². The molecule has 0 atom stereocenters. The molecule has 0 radical (unpaired) electrons. The van der Waals surface area contributed by atoms with Gasteiger partial charge in [-0.1, -0.05) is 44.1 Å². The first-order chi connectivity index (χ1) is 9.73. The molecule has 0 spiro atoms. The van der Waals surface area contributed by atoms with Crippen LogP contribution in [0.1, 0.15) is 63.9 Å². The maximum absolute atomic E-state index is 11.6. The third kappa shape index (κ3) is 6.16. The Balaban J connectivity index is 2.75. The molecule has 0 aliphatic rings. The molecule has 116 valence electrons. The minimum atomic E-state index is -0.250. The molecule has 0 saturated carbocycles. The molecule has 1 aromatic rings. The Kier molecular flexibility index (Phi) is 6.19. The zero-order valence-electron chi connectivity index (χ0n) is 14.2. The summed E-state index contributed by atoms with van der Waals surface area (Å²) in [6.07, 6.45) is 2.05. The minimum absolute atomic E-state index is 0.250. The highest BCUT2D eigenvalue weighted by Crippen LogP contribution is 2.26. The number of ether oxygens (including phenoxy) is 1. The van der Waals surface area contributed by atoms with E-state index in [1.54, 1.807) is 0 Å². The molecule has 0 aliphatic heterocycles. The van der Waals surface area contributed by atoms with Crippen LogP contribution in [0.5, 0.6) is 0 Å². The highest BCUT2D eigenvalue weighted by atomic mass is 16.5. The van der Waals surface area contributed by atoms with E-state index in [0.29, 0.717) is 17.6 Å². The molecule has 0 aliphatic carbocycles. The van der Waals surface area contributed by atoms with Crippen LogP contribution in [0.15, 0.2) is 35.4 Å². The summed E-state index contributed by atoms with van der Waals surface area (Å²) in [5.74, 6) is -0.250. The van der Waals surface area contributed by atoms with Crippen LogP contribution in [0.3, 0.4) is 0 Å². The summed E-state index contributed by atoms with van der Waals surface area (Å²) in [5.41, 5.74) is 5.03. The Bertz CT molecular complexity index is 501. The van der Waals surface area contributed by atoms with Crippen LogP contribution in [0, 0.1) is 5.41 Å². The smallest absolute Gasteiger partial charge is 0.338 e. The summed E-state index contributed by atoms with van der Waals surface area (Å²) in [4.78, 5) is 11.6. The highest BCUT2D eigenvalue weighted by molar-refractivity contribution is 5.89. The Labute approximate surface area is 129 Å². The molecule has 0 fully saturated rings. The van der Waals surface area contributed by atoms with E-state index in [1.165, 1.54) is 16.7 Å². The predicted octanol–water partition coefficient (Wildman–Crippen LogP) is 5.18. The molecular weight excluding hydrogens is 260 g/mol. The second kappa shape index (κ2) is 7.44. The van der Waals surface area contributed by atoms with E-state index in [9.17, 15) is 4.79 Å². The van der Waals surface area contributed by atoms with Crippen molar-refractivity contribution in [3.63, 3.8) is 0 Å². The van der Waals surface area contributed by atoms with Gasteiger partial charge in [-0.2, -0.15) is 0 Å². The lowest BCUT2D eigenvalue weighted by molar-refractivity contribution is 0.0526. The van der Waals surface area contributed by atoms with Crippen LogP contribution in [-0.2, 0) is 11.2 Å². The zero-order chi connectivity index (χ0) is 16.0. The van der Waals surface area contributed by atoms with Gasteiger partial charge in [0.25, 0.3) is 0 Å². The molecule has 2 nitrogen and oxygen atoms in total. The van der Waals surface area contributed by atoms with Crippen molar-refractivity contribution in [3.05, 3.63) is 46.5 Å². The van der Waals surface area contributed by atoms with Crippen molar-refractivity contribution in [1.82, 2.24) is 0 Å². The Hall–Kier alpha value is -1.57. The van der Waals surface area contributed by atoms with Crippen LogP contribution in [0.2, 0.25) is 0 Å². The number of esters is 1. The van der Waals surface area contributed by atoms with Crippen LogP contribution in [0.4, 0.5) is 0 Å². The molecular formula is C19H28O2. The summed E-state index contributed by atoms with van der Waals surface area (Å²) < 4.78 is 4.99. The van der Waals surface area contributed by atoms with Crippen LogP contribution >= 0.6 is 0 Å². The van der Waals surface area contributed by atoms with Crippen molar-refractivity contribution in [2.75, 3.05) is 6.61 Å². The van der Waals surface area contributed by atoms with Gasteiger partial charge in [0.2, 0.25) is 0 Å². The van der Waals surface area contributed by atoms with Gasteiger partial charge < -0.3 is 4.74 Å². The molecule has 1 rings (SSSR count). The molecule has 0 unspecified atom stereocenters. The second-order valence-corrected chi connectivity index (χ2v) is 6.89. The summed E-state index contributed by atoms with van der Waals surface area (Å²) >= 11 is 0. The number of hydrogen-bond donors (Lipinski definition) is 0. The minimum Gasteiger partial charge on any atom is -0.462 e. The van der Waals surface area contributed by atoms with E-state index < -0.39 is 0 Å². The fourth-order valence-electron chi connectivity index (χ4n) is 2.38. The lowest BCUT2D eigenvalue weighted by Gasteiger charge is -2.20. The van der Waals surface area contributed by atoms with Gasteiger partial charge in [0.05, 0.1) is 12.2 Å². The van der Waals surface area contributed by atoms with Gasteiger partial charge in [-0.3, -0.25) is 0 Å². The van der Waals surface area contributed by atoms with Crippen molar-refractivity contribution in [1.29, 1.82) is 0 Å². The van der Waals surface area contributed by atoms with Gasteiger partial charge in [-0.15, -0.1) is 0 Å². The molecule has 0 aromatic heterocycles. The van der Waals surface area contributed by atoms with E-state index in [2.05, 4.69) is 34.6 Å². The summed E-state index contributed by atoms with van der Waals surface area (Å²) in [5, 5.41) is 0. The largest absolute Gasteiger partial charge is 0.462 e. The maximum atomic E-state index is 11.6.